The summed E-state index contributed by atoms with van der Waals surface area (Å²) < 4.78 is 20.5. The van der Waals surface area contributed by atoms with E-state index in [0.29, 0.717) is 28.6 Å². The van der Waals surface area contributed by atoms with Gasteiger partial charge in [0, 0.05) is 34.6 Å². The van der Waals surface area contributed by atoms with Crippen LogP contribution in [0.25, 0.3) is 0 Å². The second-order valence-electron chi connectivity index (χ2n) is 6.36. The molecule has 3 aromatic rings. The first kappa shape index (κ1) is 21.0. The molecule has 0 saturated heterocycles. The third kappa shape index (κ3) is 4.81. The average molecular weight is 437 g/mol. The van der Waals surface area contributed by atoms with E-state index in [1.165, 1.54) is 24.3 Å². The molecule has 0 radical (unpaired) electrons. The first-order valence-corrected chi connectivity index (χ1v) is 9.58. The van der Waals surface area contributed by atoms with E-state index in [4.69, 9.17) is 33.7 Å². The van der Waals surface area contributed by atoms with Gasteiger partial charge in [0.2, 0.25) is 0 Å². The second-order valence-corrected chi connectivity index (χ2v) is 7.20. The molecule has 1 aromatic heterocycles. The van der Waals surface area contributed by atoms with E-state index < -0.39 is 11.7 Å². The van der Waals surface area contributed by atoms with Crippen LogP contribution in [-0.4, -0.2) is 15.9 Å². The zero-order chi connectivity index (χ0) is 21.1. The summed E-state index contributed by atoms with van der Waals surface area (Å²) in [6, 6.07) is 7.51. The molecule has 0 saturated carbocycles. The number of aryl methyl sites for hydroxylation is 2. The van der Waals surface area contributed by atoms with Crippen molar-refractivity contribution in [1.82, 2.24) is 15.3 Å². The topological polar surface area (TPSA) is 93.0 Å². The standard InChI is InChI=1S/C20H19Cl2FN4O2/c1-3-16-18(27-10(2)26-16)20(28)25-9-11-4-5-15(22)19(17(11)23)29-14-7-12(21)6-13(24)8-14/h4-8H,3,9,24H2,1-2H3,(H,25,28)(H,26,27). The van der Waals surface area contributed by atoms with E-state index in [1.54, 1.807) is 13.0 Å². The highest BCUT2D eigenvalue weighted by Crippen LogP contribution is 2.35. The number of ether oxygens (including phenoxy) is 1. The number of carbonyl (C=O) groups is 1. The minimum atomic E-state index is -0.690. The fraction of sp³-hybridized carbons (Fsp3) is 0.200. The Morgan fingerprint density at radius 1 is 1.31 bits per heavy atom. The van der Waals surface area contributed by atoms with Crippen molar-refractivity contribution < 1.29 is 13.9 Å². The molecule has 0 spiro atoms. The third-order valence-corrected chi connectivity index (χ3v) is 4.66. The molecule has 6 nitrogen and oxygen atoms in total. The number of nitrogens with two attached hydrogens (primary N) is 1. The molecule has 29 heavy (non-hydrogen) atoms. The largest absolute Gasteiger partial charge is 0.453 e. The van der Waals surface area contributed by atoms with Crippen LogP contribution in [0.1, 0.15) is 34.5 Å². The summed E-state index contributed by atoms with van der Waals surface area (Å²) in [5, 5.41) is 3.10. The summed E-state index contributed by atoms with van der Waals surface area (Å²) in [5.41, 5.74) is 7.33. The molecular weight excluding hydrogens is 418 g/mol. The highest BCUT2D eigenvalue weighted by Gasteiger charge is 2.18. The Balaban J connectivity index is 1.80. The van der Waals surface area contributed by atoms with Crippen molar-refractivity contribution in [1.29, 1.82) is 0 Å². The van der Waals surface area contributed by atoms with Crippen LogP contribution in [0.2, 0.25) is 10.0 Å². The molecule has 3 rings (SSSR count). The monoisotopic (exact) mass is 436 g/mol. The van der Waals surface area contributed by atoms with E-state index in [2.05, 4.69) is 15.3 Å². The van der Waals surface area contributed by atoms with Crippen LogP contribution in [0.3, 0.4) is 0 Å². The van der Waals surface area contributed by atoms with Crippen LogP contribution >= 0.6 is 23.2 Å². The van der Waals surface area contributed by atoms with Crippen LogP contribution in [0.5, 0.6) is 11.5 Å². The summed E-state index contributed by atoms with van der Waals surface area (Å²) in [7, 11) is 0. The number of hydrogen-bond donors (Lipinski definition) is 3. The number of aromatic nitrogens is 2. The number of benzene rings is 2. The van der Waals surface area contributed by atoms with Gasteiger partial charge in [0.25, 0.3) is 5.91 Å². The van der Waals surface area contributed by atoms with Crippen molar-refractivity contribution in [3.8, 4) is 11.5 Å². The van der Waals surface area contributed by atoms with Crippen LogP contribution in [0.15, 0.2) is 30.3 Å². The quantitative estimate of drug-likeness (QED) is 0.472. The van der Waals surface area contributed by atoms with Crippen molar-refractivity contribution in [3.05, 3.63) is 69.0 Å². The van der Waals surface area contributed by atoms with Crippen molar-refractivity contribution in [2.24, 2.45) is 0 Å². The molecule has 0 fully saturated rings. The number of H-pyrrole nitrogens is 1. The Labute approximate surface area is 177 Å². The number of carbonyl (C=O) groups excluding carboxylic acids is 1. The van der Waals surface area contributed by atoms with E-state index in [-0.39, 0.29) is 28.6 Å². The number of nitrogens with zero attached hydrogens (tertiary/aromatic N) is 1. The second kappa shape index (κ2) is 8.71. The Morgan fingerprint density at radius 3 is 2.76 bits per heavy atom. The molecule has 0 aliphatic heterocycles. The van der Waals surface area contributed by atoms with Crippen molar-refractivity contribution >= 4 is 34.8 Å². The lowest BCUT2D eigenvalue weighted by Crippen LogP contribution is -2.24. The van der Waals surface area contributed by atoms with Gasteiger partial charge >= 0.3 is 0 Å². The van der Waals surface area contributed by atoms with E-state index in [9.17, 15) is 9.18 Å². The lowest BCUT2D eigenvalue weighted by atomic mass is 10.2. The zero-order valence-electron chi connectivity index (χ0n) is 15.8. The number of imidazole rings is 1. The lowest BCUT2D eigenvalue weighted by molar-refractivity contribution is 0.0945. The zero-order valence-corrected chi connectivity index (χ0v) is 17.3. The smallest absolute Gasteiger partial charge is 0.272 e. The number of hydrogen-bond acceptors (Lipinski definition) is 4. The molecule has 0 aliphatic carbocycles. The van der Waals surface area contributed by atoms with Gasteiger partial charge in [-0.05, 0) is 31.5 Å². The van der Waals surface area contributed by atoms with Crippen LogP contribution in [0.4, 0.5) is 10.1 Å². The van der Waals surface area contributed by atoms with E-state index in [1.807, 2.05) is 6.92 Å². The Kier molecular flexibility index (Phi) is 6.30. The summed E-state index contributed by atoms with van der Waals surface area (Å²) in [5.74, 6) is -0.376. The normalized spacial score (nSPS) is 10.8. The molecule has 9 heteroatoms. The Hall–Kier alpha value is -2.77. The number of halogens is 3. The van der Waals surface area contributed by atoms with Gasteiger partial charge in [-0.25, -0.2) is 9.37 Å². The number of anilines is 1. The van der Waals surface area contributed by atoms with Gasteiger partial charge in [0.05, 0.1) is 5.02 Å². The maximum Gasteiger partial charge on any atom is 0.272 e. The van der Waals surface area contributed by atoms with Gasteiger partial charge < -0.3 is 20.8 Å². The molecule has 0 aliphatic rings. The lowest BCUT2D eigenvalue weighted by Gasteiger charge is -2.13. The van der Waals surface area contributed by atoms with Gasteiger partial charge in [-0.3, -0.25) is 4.79 Å². The summed E-state index contributed by atoms with van der Waals surface area (Å²) in [4.78, 5) is 19.7. The van der Waals surface area contributed by atoms with E-state index >= 15 is 0 Å². The molecule has 0 bridgehead atoms. The highest BCUT2D eigenvalue weighted by atomic mass is 35.5. The maximum atomic E-state index is 15.0. The van der Waals surface area contributed by atoms with Gasteiger partial charge in [-0.1, -0.05) is 36.2 Å². The fourth-order valence-corrected chi connectivity index (χ4v) is 3.23. The first-order valence-electron chi connectivity index (χ1n) is 8.83. The molecule has 1 amide bonds. The summed E-state index contributed by atoms with van der Waals surface area (Å²) >= 11 is 12.1. The van der Waals surface area contributed by atoms with Crippen molar-refractivity contribution in [2.75, 3.05) is 5.73 Å². The summed E-state index contributed by atoms with van der Waals surface area (Å²) in [6.45, 7) is 3.61. The predicted molar refractivity (Wildman–Crippen MR) is 111 cm³/mol. The van der Waals surface area contributed by atoms with Gasteiger partial charge in [0.1, 0.15) is 17.3 Å². The van der Waals surface area contributed by atoms with Gasteiger partial charge in [-0.2, -0.15) is 0 Å². The molecule has 4 N–H and O–H groups in total. The average Bonchev–Trinajstić information content (AvgIpc) is 3.04. The Bertz CT molecular complexity index is 1050. The molecule has 152 valence electrons. The molecule has 1 heterocycles. The minimum Gasteiger partial charge on any atom is -0.453 e. The molecule has 0 unspecified atom stereocenters. The predicted octanol–water partition coefficient (Wildman–Crippen LogP) is 5.03. The van der Waals surface area contributed by atoms with Gasteiger partial charge in [0.15, 0.2) is 11.6 Å². The molecule has 2 aromatic carbocycles. The SMILES string of the molecule is CCc1[nH]c(C)nc1C(=O)NCc1ccc(Cl)c(Oc2cc(N)cc(Cl)c2)c1F. The molecule has 0 atom stereocenters. The highest BCUT2D eigenvalue weighted by molar-refractivity contribution is 6.32. The number of aromatic amines is 1. The maximum absolute atomic E-state index is 15.0. The summed E-state index contributed by atoms with van der Waals surface area (Å²) in [6.07, 6.45) is 0.625. The number of amides is 1. The van der Waals surface area contributed by atoms with Gasteiger partial charge in [-0.15, -0.1) is 0 Å². The van der Waals surface area contributed by atoms with Crippen molar-refractivity contribution in [2.45, 2.75) is 26.8 Å². The van der Waals surface area contributed by atoms with Crippen LogP contribution < -0.4 is 15.8 Å². The number of nitrogens with one attached hydrogen (secondary N) is 2. The minimum absolute atomic E-state index is 0.0645. The Morgan fingerprint density at radius 2 is 2.07 bits per heavy atom. The van der Waals surface area contributed by atoms with Crippen LogP contribution in [-0.2, 0) is 13.0 Å². The third-order valence-electron chi connectivity index (χ3n) is 4.15. The van der Waals surface area contributed by atoms with Crippen LogP contribution in [0, 0.1) is 12.7 Å². The molecular formula is C20H19Cl2FN4O2. The fourth-order valence-electron chi connectivity index (χ4n) is 2.81. The number of nitrogen functional groups attached to an aromatic ring is 1. The first-order chi connectivity index (χ1) is 13.8. The van der Waals surface area contributed by atoms with Crippen molar-refractivity contribution in [3.63, 3.8) is 0 Å². The van der Waals surface area contributed by atoms with E-state index in [0.717, 1.165) is 5.69 Å². The number of rotatable bonds is 6.